The third-order valence-corrected chi connectivity index (χ3v) is 1.99. The third-order valence-electron chi connectivity index (χ3n) is 1.99. The highest BCUT2D eigenvalue weighted by Gasteiger charge is 2.35. The van der Waals surface area contributed by atoms with Crippen molar-refractivity contribution < 1.29 is 14.7 Å². The van der Waals surface area contributed by atoms with E-state index in [4.69, 9.17) is 16.6 Å². The number of carbonyl (C=O) groups excluding carboxylic acids is 1. The third kappa shape index (κ3) is 2.50. The normalized spacial score (nSPS) is 17.9. The van der Waals surface area contributed by atoms with Crippen LogP contribution in [0.25, 0.3) is 0 Å². The Morgan fingerprint density at radius 3 is 2.25 bits per heavy atom. The molecule has 0 aliphatic heterocycles. The molecule has 0 saturated carbocycles. The lowest BCUT2D eigenvalue weighted by Gasteiger charge is -2.25. The Balaban J connectivity index is 4.35. The summed E-state index contributed by atoms with van der Waals surface area (Å²) in [5.41, 5.74) is 8.95. The van der Waals surface area contributed by atoms with Crippen molar-refractivity contribution in [3.63, 3.8) is 0 Å². The predicted molar refractivity (Wildman–Crippen MR) is 43.2 cm³/mol. The van der Waals surface area contributed by atoms with Gasteiger partial charge in [0, 0.05) is 6.42 Å². The van der Waals surface area contributed by atoms with Gasteiger partial charge in [-0.15, -0.1) is 0 Å². The van der Waals surface area contributed by atoms with Gasteiger partial charge in [0.25, 0.3) is 0 Å². The van der Waals surface area contributed by atoms with Crippen molar-refractivity contribution in [3.05, 3.63) is 0 Å². The Kier molecular flexibility index (Phi) is 3.21. The largest absolute Gasteiger partial charge is 0.480 e. The van der Waals surface area contributed by atoms with Crippen molar-refractivity contribution in [1.29, 1.82) is 0 Å². The van der Waals surface area contributed by atoms with Crippen molar-refractivity contribution >= 4 is 11.9 Å². The smallest absolute Gasteiger partial charge is 0.323 e. The number of hydrogen-bond acceptors (Lipinski definition) is 3. The van der Waals surface area contributed by atoms with Gasteiger partial charge in [0.15, 0.2) is 0 Å². The van der Waals surface area contributed by atoms with E-state index in [1.54, 1.807) is 6.92 Å². The SMILES string of the molecule is CC(CC(N)=O)C(C)(N)C(=O)O. The maximum absolute atomic E-state index is 10.6. The van der Waals surface area contributed by atoms with Crippen molar-refractivity contribution in [3.8, 4) is 0 Å². The second-order valence-electron chi connectivity index (χ2n) is 3.16. The fourth-order valence-electron chi connectivity index (χ4n) is 0.725. The summed E-state index contributed by atoms with van der Waals surface area (Å²) in [5.74, 6) is -2.14. The van der Waals surface area contributed by atoms with Crippen molar-refractivity contribution in [2.75, 3.05) is 0 Å². The topological polar surface area (TPSA) is 106 Å². The molecule has 0 saturated heterocycles. The van der Waals surface area contributed by atoms with E-state index >= 15 is 0 Å². The Morgan fingerprint density at radius 2 is 2.00 bits per heavy atom. The van der Waals surface area contributed by atoms with Crippen LogP contribution in [0.4, 0.5) is 0 Å². The molecule has 1 amide bonds. The fraction of sp³-hybridized carbons (Fsp3) is 0.714. The molecule has 0 aromatic rings. The van der Waals surface area contributed by atoms with Crippen LogP contribution in [-0.2, 0) is 9.59 Å². The first-order valence-electron chi connectivity index (χ1n) is 3.59. The molecular formula is C7H14N2O3. The number of amides is 1. The van der Waals surface area contributed by atoms with Gasteiger partial charge >= 0.3 is 5.97 Å². The zero-order valence-corrected chi connectivity index (χ0v) is 7.20. The number of primary amides is 1. The summed E-state index contributed by atoms with van der Waals surface area (Å²) in [6.45, 7) is 2.95. The van der Waals surface area contributed by atoms with E-state index in [0.29, 0.717) is 0 Å². The molecule has 5 N–H and O–H groups in total. The first-order valence-corrected chi connectivity index (χ1v) is 3.59. The van der Waals surface area contributed by atoms with Gasteiger partial charge in [-0.25, -0.2) is 0 Å². The molecule has 0 radical (unpaired) electrons. The van der Waals surface area contributed by atoms with Crippen LogP contribution in [0.15, 0.2) is 0 Å². The van der Waals surface area contributed by atoms with Crippen LogP contribution in [0, 0.1) is 5.92 Å². The molecule has 0 aliphatic rings. The first-order chi connectivity index (χ1) is 5.28. The summed E-state index contributed by atoms with van der Waals surface area (Å²) < 4.78 is 0. The molecule has 5 nitrogen and oxygen atoms in total. The molecule has 70 valence electrons. The minimum atomic E-state index is -1.39. The lowest BCUT2D eigenvalue weighted by atomic mass is 9.85. The quantitative estimate of drug-likeness (QED) is 0.523. The van der Waals surface area contributed by atoms with Crippen molar-refractivity contribution in [2.24, 2.45) is 17.4 Å². The number of nitrogens with two attached hydrogens (primary N) is 2. The minimum Gasteiger partial charge on any atom is -0.480 e. The van der Waals surface area contributed by atoms with Crippen LogP contribution in [0.1, 0.15) is 20.3 Å². The zero-order chi connectivity index (χ0) is 9.94. The lowest BCUT2D eigenvalue weighted by Crippen LogP contribution is -2.51. The highest BCUT2D eigenvalue weighted by molar-refractivity contribution is 5.80. The average Bonchev–Trinajstić information content (AvgIpc) is 1.85. The maximum Gasteiger partial charge on any atom is 0.323 e. The van der Waals surface area contributed by atoms with Crippen molar-refractivity contribution in [2.45, 2.75) is 25.8 Å². The number of rotatable bonds is 4. The van der Waals surface area contributed by atoms with Crippen LogP contribution >= 0.6 is 0 Å². The van der Waals surface area contributed by atoms with Crippen molar-refractivity contribution in [1.82, 2.24) is 0 Å². The minimum absolute atomic E-state index is 0.0146. The molecule has 2 unspecified atom stereocenters. The van der Waals surface area contributed by atoms with Gasteiger partial charge in [-0.3, -0.25) is 9.59 Å². The summed E-state index contributed by atoms with van der Waals surface area (Å²) in [4.78, 5) is 21.0. The molecule has 0 aromatic heterocycles. The molecule has 0 bridgehead atoms. The van der Waals surface area contributed by atoms with Crippen LogP contribution in [0.5, 0.6) is 0 Å². The Hall–Kier alpha value is -1.10. The van der Waals surface area contributed by atoms with E-state index in [0.717, 1.165) is 0 Å². The predicted octanol–water partition coefficient (Wildman–Crippen LogP) is -0.700. The van der Waals surface area contributed by atoms with E-state index in [1.807, 2.05) is 0 Å². The highest BCUT2D eigenvalue weighted by Crippen LogP contribution is 2.17. The number of carbonyl (C=O) groups is 2. The van der Waals surface area contributed by atoms with Gasteiger partial charge < -0.3 is 16.6 Å². The summed E-state index contributed by atoms with van der Waals surface area (Å²) in [6.07, 6.45) is -0.0146. The van der Waals surface area contributed by atoms with Crippen LogP contribution in [0.3, 0.4) is 0 Å². The van der Waals surface area contributed by atoms with Crippen LogP contribution in [0.2, 0.25) is 0 Å². The molecule has 0 aliphatic carbocycles. The molecule has 0 fully saturated rings. The molecular weight excluding hydrogens is 160 g/mol. The average molecular weight is 174 g/mol. The second-order valence-corrected chi connectivity index (χ2v) is 3.16. The standard InChI is InChI=1S/C7H14N2O3/c1-4(3-5(8)10)7(2,9)6(11)12/h4H,3,9H2,1-2H3,(H2,8,10)(H,11,12). The van der Waals surface area contributed by atoms with Gasteiger partial charge in [-0.05, 0) is 12.8 Å². The van der Waals surface area contributed by atoms with Gasteiger partial charge in [-0.1, -0.05) is 6.92 Å². The zero-order valence-electron chi connectivity index (χ0n) is 7.20. The van der Waals surface area contributed by atoms with E-state index in [-0.39, 0.29) is 6.42 Å². The molecule has 2 atom stereocenters. The Morgan fingerprint density at radius 1 is 1.58 bits per heavy atom. The second kappa shape index (κ2) is 3.53. The molecule has 12 heavy (non-hydrogen) atoms. The number of carboxylic acid groups (broad SMARTS) is 1. The summed E-state index contributed by atoms with van der Waals surface area (Å²) in [6, 6.07) is 0. The monoisotopic (exact) mass is 174 g/mol. The molecule has 5 heteroatoms. The maximum atomic E-state index is 10.6. The fourth-order valence-corrected chi connectivity index (χ4v) is 0.725. The summed E-state index contributed by atoms with van der Waals surface area (Å²) in [7, 11) is 0. The van der Waals surface area contributed by atoms with Crippen LogP contribution in [-0.4, -0.2) is 22.5 Å². The van der Waals surface area contributed by atoms with Gasteiger partial charge in [-0.2, -0.15) is 0 Å². The Bertz CT molecular complexity index is 201. The first kappa shape index (κ1) is 10.9. The Labute approximate surface area is 70.7 Å². The van der Waals surface area contributed by atoms with E-state index in [9.17, 15) is 9.59 Å². The molecule has 0 spiro atoms. The number of carboxylic acids is 1. The van der Waals surface area contributed by atoms with Gasteiger partial charge in [0.2, 0.25) is 5.91 Å². The number of aliphatic carboxylic acids is 1. The van der Waals surface area contributed by atoms with E-state index in [2.05, 4.69) is 0 Å². The number of hydrogen-bond donors (Lipinski definition) is 3. The molecule has 0 aromatic carbocycles. The molecule has 0 heterocycles. The van der Waals surface area contributed by atoms with Gasteiger partial charge in [0.05, 0.1) is 0 Å². The van der Waals surface area contributed by atoms with Gasteiger partial charge in [0.1, 0.15) is 5.54 Å². The molecule has 0 rings (SSSR count). The van der Waals surface area contributed by atoms with E-state index in [1.165, 1.54) is 6.92 Å². The van der Waals surface area contributed by atoms with Crippen LogP contribution < -0.4 is 11.5 Å². The summed E-state index contributed by atoms with van der Waals surface area (Å²) in [5, 5.41) is 8.65. The summed E-state index contributed by atoms with van der Waals surface area (Å²) >= 11 is 0. The lowest BCUT2D eigenvalue weighted by molar-refractivity contribution is -0.144. The highest BCUT2D eigenvalue weighted by atomic mass is 16.4. The van der Waals surface area contributed by atoms with E-state index < -0.39 is 23.3 Å².